The van der Waals surface area contributed by atoms with Gasteiger partial charge in [-0.25, -0.2) is 0 Å². The molecule has 1 heterocycles. The summed E-state index contributed by atoms with van der Waals surface area (Å²) in [5, 5.41) is 1.77. The van der Waals surface area contributed by atoms with Crippen molar-refractivity contribution >= 4 is 35.4 Å². The van der Waals surface area contributed by atoms with E-state index in [1.54, 1.807) is 24.7 Å². The van der Waals surface area contributed by atoms with Gasteiger partial charge < -0.3 is 4.74 Å². The average Bonchev–Trinajstić information content (AvgIpc) is 2.85. The topological polar surface area (TPSA) is 48.3 Å². The average molecular weight is 388 g/mol. The molecular formula is C22H26ClNO3. The third-order valence-electron chi connectivity index (χ3n) is 5.44. The molecular weight excluding hydrogens is 362 g/mol. The lowest BCUT2D eigenvalue weighted by Crippen LogP contribution is -2.42. The van der Waals surface area contributed by atoms with Gasteiger partial charge in [0.15, 0.2) is 0 Å². The maximum Gasteiger partial charge on any atom is 0.262 e. The van der Waals surface area contributed by atoms with Crippen LogP contribution in [0.3, 0.4) is 0 Å². The summed E-state index contributed by atoms with van der Waals surface area (Å²) in [4.78, 5) is 24.7. The molecule has 0 saturated carbocycles. The number of aromatic nitrogens is 1. The fraction of sp³-hybridized carbons (Fsp3) is 0.455. The third-order valence-corrected chi connectivity index (χ3v) is 5.72. The van der Waals surface area contributed by atoms with Gasteiger partial charge in [-0.2, -0.15) is 0 Å². The van der Waals surface area contributed by atoms with Crippen LogP contribution in [0.25, 0.3) is 12.2 Å². The maximum absolute atomic E-state index is 13.3. The highest BCUT2D eigenvalue weighted by molar-refractivity contribution is 6.25. The van der Waals surface area contributed by atoms with Gasteiger partial charge in [0.05, 0.1) is 15.8 Å². The Labute approximate surface area is 164 Å². The number of ether oxygens (including phenoxy) is 1. The summed E-state index contributed by atoms with van der Waals surface area (Å²) in [6.45, 7) is 7.40. The molecule has 0 spiro atoms. The molecule has 4 nitrogen and oxygen atoms in total. The normalized spacial score (nSPS) is 26.7. The number of hydrogen-bond acceptors (Lipinski definition) is 3. The van der Waals surface area contributed by atoms with Crippen molar-refractivity contribution in [1.82, 2.24) is 4.57 Å². The summed E-state index contributed by atoms with van der Waals surface area (Å²) in [6.07, 6.45) is 11.2. The zero-order chi connectivity index (χ0) is 20.0. The van der Waals surface area contributed by atoms with Crippen molar-refractivity contribution in [2.75, 3.05) is 7.11 Å². The Balaban J connectivity index is 2.18. The number of fused-ring (bicyclic) bond motifs is 1. The van der Waals surface area contributed by atoms with Crippen LogP contribution in [0.2, 0.25) is 0 Å². The minimum atomic E-state index is -0.449. The first-order chi connectivity index (χ1) is 12.6. The molecule has 2 atom stereocenters. The summed E-state index contributed by atoms with van der Waals surface area (Å²) in [6, 6.07) is 0. The lowest BCUT2D eigenvalue weighted by atomic mass is 9.94. The Morgan fingerprint density at radius 3 is 2.52 bits per heavy atom. The highest BCUT2D eigenvalue weighted by atomic mass is 35.5. The van der Waals surface area contributed by atoms with Crippen LogP contribution >= 0.6 is 11.6 Å². The van der Waals surface area contributed by atoms with Gasteiger partial charge >= 0.3 is 0 Å². The first-order valence-electron chi connectivity index (χ1n) is 9.18. The number of carbonyl (C=O) groups excluding carboxylic acids is 2. The molecule has 144 valence electrons. The number of ketones is 1. The number of Topliss-reactive ketones (excluding diaryl/α,β-unsaturated/α-hetero) is 1. The quantitative estimate of drug-likeness (QED) is 0.746. The Hall–Kier alpha value is -1.91. The molecule has 0 radical (unpaired) electrons. The summed E-state index contributed by atoms with van der Waals surface area (Å²) in [5.41, 5.74) is 1.89. The molecule has 2 unspecified atom stereocenters. The Morgan fingerprint density at radius 2 is 1.96 bits per heavy atom. The lowest BCUT2D eigenvalue weighted by Gasteiger charge is -2.25. The first-order valence-corrected chi connectivity index (χ1v) is 9.55. The van der Waals surface area contributed by atoms with Crippen LogP contribution in [-0.2, 0) is 16.0 Å². The van der Waals surface area contributed by atoms with E-state index >= 15 is 0 Å². The van der Waals surface area contributed by atoms with Crippen LogP contribution in [0, 0.1) is 6.92 Å². The van der Waals surface area contributed by atoms with Crippen molar-refractivity contribution in [1.29, 1.82) is 0 Å². The minimum absolute atomic E-state index is 0.0678. The second-order valence-electron chi connectivity index (χ2n) is 7.93. The Bertz CT molecular complexity index is 994. The van der Waals surface area contributed by atoms with E-state index in [1.807, 2.05) is 45.1 Å². The third kappa shape index (κ3) is 3.74. The molecule has 3 rings (SSSR count). The van der Waals surface area contributed by atoms with E-state index in [-0.39, 0.29) is 11.7 Å². The van der Waals surface area contributed by atoms with E-state index in [4.69, 9.17) is 16.3 Å². The van der Waals surface area contributed by atoms with Gasteiger partial charge in [0.25, 0.3) is 5.91 Å². The predicted molar refractivity (Wildman–Crippen MR) is 108 cm³/mol. The highest BCUT2D eigenvalue weighted by Crippen LogP contribution is 2.28. The molecule has 0 N–H and O–H groups in total. The number of methoxy groups -OCH3 is 1. The molecule has 0 fully saturated rings. The summed E-state index contributed by atoms with van der Waals surface area (Å²) in [7, 11) is 1.68. The SMILES string of the molecule is COC1(C)C=c2c(CC(C)=O)c(C)n(C(=O)C3=CCC(C)(Cl)C=C3)c2=CC1. The van der Waals surface area contributed by atoms with E-state index in [2.05, 4.69) is 0 Å². The maximum atomic E-state index is 13.3. The molecule has 0 bridgehead atoms. The van der Waals surface area contributed by atoms with E-state index in [0.717, 1.165) is 21.8 Å². The summed E-state index contributed by atoms with van der Waals surface area (Å²) >= 11 is 6.33. The standard InChI is InChI=1S/C22H26ClNO3/c1-14(25)12-17-15(2)24(19-8-11-22(4,27-5)13-18(17)19)20(26)16-6-9-21(3,23)10-7-16/h6-9,13H,10-12H2,1-5H3. The van der Waals surface area contributed by atoms with Gasteiger partial charge in [-0.05, 0) is 45.8 Å². The highest BCUT2D eigenvalue weighted by Gasteiger charge is 2.28. The van der Waals surface area contributed by atoms with Crippen molar-refractivity contribution in [3.05, 3.63) is 45.6 Å². The number of nitrogens with zero attached hydrogens (tertiary/aromatic N) is 1. The second-order valence-corrected chi connectivity index (χ2v) is 8.79. The number of allylic oxidation sites excluding steroid dienone is 4. The lowest BCUT2D eigenvalue weighted by molar-refractivity contribution is -0.116. The molecule has 0 amide bonds. The fourth-order valence-corrected chi connectivity index (χ4v) is 3.82. The number of rotatable bonds is 4. The smallest absolute Gasteiger partial charge is 0.262 e. The van der Waals surface area contributed by atoms with Gasteiger partial charge in [-0.1, -0.05) is 24.3 Å². The van der Waals surface area contributed by atoms with Crippen LogP contribution in [0.1, 0.15) is 49.7 Å². The zero-order valence-corrected chi connectivity index (χ0v) is 17.3. The van der Waals surface area contributed by atoms with Crippen LogP contribution in [0.4, 0.5) is 0 Å². The summed E-state index contributed by atoms with van der Waals surface area (Å²) < 4.78 is 7.37. The summed E-state index contributed by atoms with van der Waals surface area (Å²) in [5.74, 6) is -0.0223. The molecule has 0 aromatic carbocycles. The molecule has 1 aromatic rings. The van der Waals surface area contributed by atoms with Gasteiger partial charge in [0.1, 0.15) is 5.78 Å². The molecule has 0 aliphatic heterocycles. The van der Waals surface area contributed by atoms with Gasteiger partial charge in [0.2, 0.25) is 0 Å². The van der Waals surface area contributed by atoms with E-state index in [9.17, 15) is 9.59 Å². The van der Waals surface area contributed by atoms with Crippen LogP contribution in [-0.4, -0.2) is 33.8 Å². The van der Waals surface area contributed by atoms with Gasteiger partial charge in [-0.3, -0.25) is 14.2 Å². The Kier molecular flexibility index (Phi) is 5.08. The van der Waals surface area contributed by atoms with Crippen molar-refractivity contribution < 1.29 is 14.3 Å². The monoisotopic (exact) mass is 387 g/mol. The molecule has 2 aliphatic rings. The first kappa shape index (κ1) is 19.8. The van der Waals surface area contributed by atoms with Crippen LogP contribution in [0.5, 0.6) is 0 Å². The number of hydrogen-bond donors (Lipinski definition) is 0. The van der Waals surface area contributed by atoms with Crippen molar-refractivity contribution in [3.63, 3.8) is 0 Å². The van der Waals surface area contributed by atoms with Crippen molar-refractivity contribution in [3.8, 4) is 0 Å². The predicted octanol–water partition coefficient (Wildman–Crippen LogP) is 2.82. The van der Waals surface area contributed by atoms with Gasteiger partial charge in [0, 0.05) is 36.4 Å². The number of halogens is 1. The molecule has 27 heavy (non-hydrogen) atoms. The second kappa shape index (κ2) is 6.92. The van der Waals surface area contributed by atoms with E-state index in [0.29, 0.717) is 24.8 Å². The number of carbonyl (C=O) groups is 2. The van der Waals surface area contributed by atoms with Gasteiger partial charge in [-0.15, -0.1) is 11.6 Å². The van der Waals surface area contributed by atoms with Crippen LogP contribution in [0.15, 0.2) is 23.8 Å². The van der Waals surface area contributed by atoms with Crippen LogP contribution < -0.4 is 10.6 Å². The van der Waals surface area contributed by atoms with Crippen molar-refractivity contribution in [2.45, 2.75) is 57.4 Å². The number of alkyl halides is 1. The molecule has 2 aliphatic carbocycles. The van der Waals surface area contributed by atoms with E-state index < -0.39 is 10.5 Å². The van der Waals surface area contributed by atoms with Crippen molar-refractivity contribution in [2.24, 2.45) is 0 Å². The fourth-order valence-electron chi connectivity index (χ4n) is 3.68. The van der Waals surface area contributed by atoms with E-state index in [1.165, 1.54) is 0 Å². The minimum Gasteiger partial charge on any atom is -0.374 e. The Morgan fingerprint density at radius 1 is 1.26 bits per heavy atom. The molecule has 1 aromatic heterocycles. The molecule has 5 heteroatoms. The zero-order valence-electron chi connectivity index (χ0n) is 16.6. The largest absolute Gasteiger partial charge is 0.374 e. The molecule has 0 saturated heterocycles.